The summed E-state index contributed by atoms with van der Waals surface area (Å²) >= 11 is 0. The fraction of sp³-hybridized carbons (Fsp3) is 0.636. The standard InChI is InChI=1S/C11H19N5O2/c1-7(2)8(3)15(5)10-9(16(17)18)6-13-11(12-4)14-10/h6-8H,1-5H3,(H,12,13,14). The van der Waals surface area contributed by atoms with Crippen molar-refractivity contribution >= 4 is 17.5 Å². The molecule has 18 heavy (non-hydrogen) atoms. The average molecular weight is 253 g/mol. The van der Waals surface area contributed by atoms with Crippen molar-refractivity contribution in [2.24, 2.45) is 5.92 Å². The quantitative estimate of drug-likeness (QED) is 0.637. The van der Waals surface area contributed by atoms with Gasteiger partial charge in [-0.15, -0.1) is 0 Å². The van der Waals surface area contributed by atoms with Gasteiger partial charge in [0.25, 0.3) is 0 Å². The fourth-order valence-corrected chi connectivity index (χ4v) is 1.52. The summed E-state index contributed by atoms with van der Waals surface area (Å²) < 4.78 is 0. The number of hydrogen-bond acceptors (Lipinski definition) is 6. The lowest BCUT2D eigenvalue weighted by molar-refractivity contribution is -0.384. The predicted molar refractivity (Wildman–Crippen MR) is 70.9 cm³/mol. The molecule has 0 aromatic carbocycles. The molecular weight excluding hydrogens is 234 g/mol. The molecule has 0 radical (unpaired) electrons. The molecule has 1 atom stereocenters. The highest BCUT2D eigenvalue weighted by atomic mass is 16.6. The van der Waals surface area contributed by atoms with Crippen LogP contribution >= 0.6 is 0 Å². The second-order valence-corrected chi connectivity index (χ2v) is 4.51. The monoisotopic (exact) mass is 253 g/mol. The fourth-order valence-electron chi connectivity index (χ4n) is 1.52. The molecule has 1 rings (SSSR count). The zero-order chi connectivity index (χ0) is 13.9. The summed E-state index contributed by atoms with van der Waals surface area (Å²) in [6.07, 6.45) is 1.23. The molecule has 0 fully saturated rings. The molecule has 1 aromatic rings. The van der Waals surface area contributed by atoms with E-state index >= 15 is 0 Å². The maximum atomic E-state index is 11.0. The molecule has 0 amide bonds. The summed E-state index contributed by atoms with van der Waals surface area (Å²) in [7, 11) is 3.48. The lowest BCUT2D eigenvalue weighted by atomic mass is 10.1. The molecule has 0 aliphatic carbocycles. The van der Waals surface area contributed by atoms with Crippen LogP contribution < -0.4 is 10.2 Å². The van der Waals surface area contributed by atoms with Crippen LogP contribution in [0.4, 0.5) is 17.5 Å². The summed E-state index contributed by atoms with van der Waals surface area (Å²) in [5, 5.41) is 13.8. The molecule has 7 nitrogen and oxygen atoms in total. The summed E-state index contributed by atoms with van der Waals surface area (Å²) in [6.45, 7) is 6.13. The Morgan fingerprint density at radius 1 is 1.44 bits per heavy atom. The Morgan fingerprint density at radius 3 is 2.50 bits per heavy atom. The van der Waals surface area contributed by atoms with Gasteiger partial charge in [0, 0.05) is 20.1 Å². The summed E-state index contributed by atoms with van der Waals surface area (Å²) in [5.41, 5.74) is -0.0796. The van der Waals surface area contributed by atoms with Gasteiger partial charge in [0.2, 0.25) is 11.8 Å². The van der Waals surface area contributed by atoms with Gasteiger partial charge in [0.1, 0.15) is 6.20 Å². The van der Waals surface area contributed by atoms with Gasteiger partial charge in [-0.1, -0.05) is 13.8 Å². The van der Waals surface area contributed by atoms with Crippen molar-refractivity contribution in [2.45, 2.75) is 26.8 Å². The number of nitrogens with zero attached hydrogens (tertiary/aromatic N) is 4. The number of anilines is 2. The van der Waals surface area contributed by atoms with E-state index in [0.717, 1.165) is 0 Å². The number of nitro groups is 1. The number of rotatable bonds is 5. The van der Waals surface area contributed by atoms with Crippen molar-refractivity contribution in [3.8, 4) is 0 Å². The summed E-state index contributed by atoms with van der Waals surface area (Å²) in [6, 6.07) is 0.142. The van der Waals surface area contributed by atoms with Gasteiger partial charge < -0.3 is 10.2 Å². The molecule has 1 unspecified atom stereocenters. The van der Waals surface area contributed by atoms with Crippen LogP contribution in [0.5, 0.6) is 0 Å². The van der Waals surface area contributed by atoms with Crippen molar-refractivity contribution < 1.29 is 4.92 Å². The van der Waals surface area contributed by atoms with Gasteiger partial charge in [-0.05, 0) is 12.8 Å². The Labute approximate surface area is 106 Å². The third-order valence-electron chi connectivity index (χ3n) is 3.08. The van der Waals surface area contributed by atoms with Gasteiger partial charge in [0.05, 0.1) is 4.92 Å². The second kappa shape index (κ2) is 5.61. The topological polar surface area (TPSA) is 84.2 Å². The van der Waals surface area contributed by atoms with Gasteiger partial charge in [-0.3, -0.25) is 10.1 Å². The number of aromatic nitrogens is 2. The minimum absolute atomic E-state index is 0.0796. The van der Waals surface area contributed by atoms with Crippen molar-refractivity contribution in [3.63, 3.8) is 0 Å². The maximum absolute atomic E-state index is 11.0. The zero-order valence-electron chi connectivity index (χ0n) is 11.3. The molecule has 0 aliphatic rings. The third kappa shape index (κ3) is 2.85. The van der Waals surface area contributed by atoms with Crippen molar-refractivity contribution in [3.05, 3.63) is 16.3 Å². The van der Waals surface area contributed by atoms with Crippen LogP contribution in [0.15, 0.2) is 6.20 Å². The highest BCUT2D eigenvalue weighted by Gasteiger charge is 2.24. The minimum Gasteiger partial charge on any atom is -0.357 e. The molecule has 1 aromatic heterocycles. The molecule has 0 aliphatic heterocycles. The minimum atomic E-state index is -0.460. The number of hydrogen-bond donors (Lipinski definition) is 1. The van der Waals surface area contributed by atoms with E-state index in [9.17, 15) is 10.1 Å². The Kier molecular flexibility index (Phi) is 4.41. The van der Waals surface area contributed by atoms with Crippen LogP contribution in [-0.4, -0.2) is 35.0 Å². The Hall–Kier alpha value is -1.92. The van der Waals surface area contributed by atoms with E-state index in [2.05, 4.69) is 29.1 Å². The Balaban J connectivity index is 3.22. The molecule has 0 saturated carbocycles. The van der Waals surface area contributed by atoms with E-state index in [1.807, 2.05) is 11.8 Å². The van der Waals surface area contributed by atoms with Gasteiger partial charge >= 0.3 is 5.69 Å². The smallest absolute Gasteiger partial charge is 0.329 e. The van der Waals surface area contributed by atoms with Crippen LogP contribution in [0.2, 0.25) is 0 Å². The van der Waals surface area contributed by atoms with Crippen LogP contribution in [0.25, 0.3) is 0 Å². The molecule has 7 heteroatoms. The highest BCUT2D eigenvalue weighted by molar-refractivity contribution is 5.58. The largest absolute Gasteiger partial charge is 0.357 e. The molecule has 0 bridgehead atoms. The van der Waals surface area contributed by atoms with E-state index < -0.39 is 4.92 Å². The average Bonchev–Trinajstić information content (AvgIpc) is 2.35. The SMILES string of the molecule is CNc1ncc([N+](=O)[O-])c(N(C)C(C)C(C)C)n1. The lowest BCUT2D eigenvalue weighted by Gasteiger charge is -2.28. The van der Waals surface area contributed by atoms with Crippen molar-refractivity contribution in [1.29, 1.82) is 0 Å². The zero-order valence-corrected chi connectivity index (χ0v) is 11.3. The van der Waals surface area contributed by atoms with E-state index in [1.165, 1.54) is 6.20 Å². The normalized spacial score (nSPS) is 12.3. The molecule has 0 spiro atoms. The van der Waals surface area contributed by atoms with Crippen LogP contribution in [0.1, 0.15) is 20.8 Å². The van der Waals surface area contributed by atoms with Gasteiger partial charge in [-0.2, -0.15) is 4.98 Å². The third-order valence-corrected chi connectivity index (χ3v) is 3.08. The van der Waals surface area contributed by atoms with Crippen LogP contribution in [-0.2, 0) is 0 Å². The maximum Gasteiger partial charge on any atom is 0.329 e. The van der Waals surface area contributed by atoms with Gasteiger partial charge in [-0.25, -0.2) is 4.98 Å². The van der Waals surface area contributed by atoms with E-state index in [1.54, 1.807) is 14.1 Å². The second-order valence-electron chi connectivity index (χ2n) is 4.51. The summed E-state index contributed by atoms with van der Waals surface area (Å²) in [5.74, 6) is 1.07. The van der Waals surface area contributed by atoms with E-state index in [0.29, 0.717) is 17.7 Å². The molecule has 1 heterocycles. The lowest BCUT2D eigenvalue weighted by Crippen LogP contribution is -2.34. The van der Waals surface area contributed by atoms with Crippen molar-refractivity contribution in [1.82, 2.24) is 9.97 Å². The molecule has 100 valence electrons. The first kappa shape index (κ1) is 14.1. The summed E-state index contributed by atoms with van der Waals surface area (Å²) in [4.78, 5) is 20.4. The first-order valence-corrected chi connectivity index (χ1v) is 5.80. The van der Waals surface area contributed by atoms with E-state index in [-0.39, 0.29) is 11.7 Å². The number of nitrogens with one attached hydrogen (secondary N) is 1. The van der Waals surface area contributed by atoms with Crippen LogP contribution in [0, 0.1) is 16.0 Å². The molecule has 1 N–H and O–H groups in total. The Bertz CT molecular complexity index is 435. The Morgan fingerprint density at radius 2 is 2.06 bits per heavy atom. The first-order valence-electron chi connectivity index (χ1n) is 5.80. The highest BCUT2D eigenvalue weighted by Crippen LogP contribution is 2.27. The molecule has 0 saturated heterocycles. The predicted octanol–water partition coefficient (Wildman–Crippen LogP) is 1.91. The van der Waals surface area contributed by atoms with Gasteiger partial charge in [0.15, 0.2) is 0 Å². The van der Waals surface area contributed by atoms with Crippen LogP contribution in [0.3, 0.4) is 0 Å². The molecular formula is C11H19N5O2. The first-order chi connectivity index (χ1) is 8.38. The van der Waals surface area contributed by atoms with E-state index in [4.69, 9.17) is 0 Å². The van der Waals surface area contributed by atoms with Crippen molar-refractivity contribution in [2.75, 3.05) is 24.3 Å².